The van der Waals surface area contributed by atoms with Crippen molar-refractivity contribution < 1.29 is 9.59 Å². The number of likely N-dealkylation sites (tertiary alicyclic amines) is 1. The molecule has 1 unspecified atom stereocenters. The maximum atomic E-state index is 13.0. The highest BCUT2D eigenvalue weighted by Gasteiger charge is 2.34. The summed E-state index contributed by atoms with van der Waals surface area (Å²) in [4.78, 5) is 37.9. The van der Waals surface area contributed by atoms with E-state index >= 15 is 0 Å². The standard InChI is InChI=1S/C24H26N4O2S2/c1-15-21(18-14-31-22(26-18)17-9-5-10-17)32-23(25-15)27-24(30)28-12-6-11-19(28)20(29)13-16-7-3-2-4-8-16/h2-4,7-8,14,17,19H,5-6,9-13H2,1H3,(H,25,27,30). The summed E-state index contributed by atoms with van der Waals surface area (Å²) in [5, 5.41) is 6.80. The summed E-state index contributed by atoms with van der Waals surface area (Å²) in [5.74, 6) is 0.701. The topological polar surface area (TPSA) is 75.2 Å². The molecule has 2 amide bonds. The number of carbonyl (C=O) groups is 2. The number of anilines is 1. The molecule has 1 saturated carbocycles. The van der Waals surface area contributed by atoms with Gasteiger partial charge in [-0.25, -0.2) is 14.8 Å². The fraction of sp³-hybridized carbons (Fsp3) is 0.417. The van der Waals surface area contributed by atoms with Gasteiger partial charge in [0.2, 0.25) is 0 Å². The Morgan fingerprint density at radius 3 is 2.69 bits per heavy atom. The molecule has 8 heteroatoms. The predicted octanol–water partition coefficient (Wildman–Crippen LogP) is 5.65. The molecule has 0 spiro atoms. The van der Waals surface area contributed by atoms with E-state index in [2.05, 4.69) is 15.7 Å². The van der Waals surface area contributed by atoms with Gasteiger partial charge in [-0.05, 0) is 38.2 Å². The van der Waals surface area contributed by atoms with E-state index in [0.29, 0.717) is 30.4 Å². The van der Waals surface area contributed by atoms with Crippen molar-refractivity contribution >= 4 is 39.6 Å². The molecule has 3 heterocycles. The Hall–Kier alpha value is -2.58. The van der Waals surface area contributed by atoms with Crippen LogP contribution in [0.4, 0.5) is 9.93 Å². The molecule has 32 heavy (non-hydrogen) atoms. The zero-order chi connectivity index (χ0) is 22.1. The highest BCUT2D eigenvalue weighted by atomic mass is 32.1. The Morgan fingerprint density at radius 1 is 1.12 bits per heavy atom. The fourth-order valence-corrected chi connectivity index (χ4v) is 6.32. The summed E-state index contributed by atoms with van der Waals surface area (Å²) in [5.41, 5.74) is 2.80. The van der Waals surface area contributed by atoms with Crippen LogP contribution in [0.3, 0.4) is 0 Å². The zero-order valence-corrected chi connectivity index (χ0v) is 19.7. The first kappa shape index (κ1) is 21.3. The molecule has 1 aromatic carbocycles. The lowest BCUT2D eigenvalue weighted by molar-refractivity contribution is -0.121. The smallest absolute Gasteiger partial charge is 0.314 e. The van der Waals surface area contributed by atoms with E-state index in [1.165, 1.54) is 35.6 Å². The van der Waals surface area contributed by atoms with Gasteiger partial charge in [-0.15, -0.1) is 11.3 Å². The van der Waals surface area contributed by atoms with Gasteiger partial charge >= 0.3 is 6.03 Å². The molecule has 1 saturated heterocycles. The van der Waals surface area contributed by atoms with Crippen LogP contribution in [-0.2, 0) is 11.2 Å². The molecule has 1 aliphatic carbocycles. The van der Waals surface area contributed by atoms with Gasteiger partial charge in [-0.2, -0.15) is 0 Å². The first-order valence-electron chi connectivity index (χ1n) is 11.2. The number of hydrogen-bond donors (Lipinski definition) is 1. The molecule has 2 aromatic heterocycles. The lowest BCUT2D eigenvalue weighted by Gasteiger charge is -2.23. The Balaban J connectivity index is 1.25. The second kappa shape index (κ2) is 9.11. The molecule has 166 valence electrons. The quantitative estimate of drug-likeness (QED) is 0.509. The van der Waals surface area contributed by atoms with Crippen LogP contribution in [0.2, 0.25) is 0 Å². The summed E-state index contributed by atoms with van der Waals surface area (Å²) >= 11 is 3.17. The van der Waals surface area contributed by atoms with E-state index in [9.17, 15) is 9.59 Å². The van der Waals surface area contributed by atoms with E-state index in [4.69, 9.17) is 4.98 Å². The SMILES string of the molecule is Cc1nc(NC(=O)N2CCCC2C(=O)Cc2ccccc2)sc1-c1csc(C2CCC2)n1. The number of hydrogen-bond acceptors (Lipinski definition) is 6. The van der Waals surface area contributed by atoms with Crippen LogP contribution < -0.4 is 5.32 Å². The van der Waals surface area contributed by atoms with Crippen molar-refractivity contribution in [3.63, 3.8) is 0 Å². The molecular weight excluding hydrogens is 440 g/mol. The number of amides is 2. The first-order valence-corrected chi connectivity index (χ1v) is 12.9. The monoisotopic (exact) mass is 466 g/mol. The van der Waals surface area contributed by atoms with Crippen molar-refractivity contribution in [2.24, 2.45) is 0 Å². The summed E-state index contributed by atoms with van der Waals surface area (Å²) in [7, 11) is 0. The van der Waals surface area contributed by atoms with Crippen LogP contribution in [0.25, 0.3) is 10.6 Å². The number of ketones is 1. The zero-order valence-electron chi connectivity index (χ0n) is 18.0. The van der Waals surface area contributed by atoms with Gasteiger partial charge in [-0.3, -0.25) is 10.1 Å². The minimum Gasteiger partial charge on any atom is -0.314 e. The summed E-state index contributed by atoms with van der Waals surface area (Å²) in [6.07, 6.45) is 5.66. The number of Topliss-reactive ketones (excluding diaryl/α,β-unsaturated/α-hetero) is 1. The van der Waals surface area contributed by atoms with E-state index in [1.54, 1.807) is 16.2 Å². The normalized spacial score (nSPS) is 18.5. The van der Waals surface area contributed by atoms with Gasteiger partial charge < -0.3 is 4.90 Å². The third kappa shape index (κ3) is 4.34. The van der Waals surface area contributed by atoms with Crippen LogP contribution in [0.15, 0.2) is 35.7 Å². The maximum Gasteiger partial charge on any atom is 0.324 e. The van der Waals surface area contributed by atoms with Crippen molar-refractivity contribution in [2.45, 2.75) is 57.4 Å². The van der Waals surface area contributed by atoms with Gasteiger partial charge in [0, 0.05) is 24.3 Å². The number of nitrogens with one attached hydrogen (secondary N) is 1. The molecule has 2 aliphatic rings. The van der Waals surface area contributed by atoms with E-state index in [1.807, 2.05) is 37.3 Å². The molecule has 1 aliphatic heterocycles. The second-order valence-electron chi connectivity index (χ2n) is 8.54. The van der Waals surface area contributed by atoms with Crippen molar-refractivity contribution in [1.82, 2.24) is 14.9 Å². The highest BCUT2D eigenvalue weighted by molar-refractivity contribution is 7.19. The van der Waals surface area contributed by atoms with Gasteiger partial charge in [0.1, 0.15) is 0 Å². The first-order chi connectivity index (χ1) is 15.6. The summed E-state index contributed by atoms with van der Waals surface area (Å²) in [6, 6.07) is 9.08. The molecular formula is C24H26N4O2S2. The van der Waals surface area contributed by atoms with Crippen molar-refractivity contribution in [2.75, 3.05) is 11.9 Å². The maximum absolute atomic E-state index is 13.0. The van der Waals surface area contributed by atoms with Crippen LogP contribution in [0, 0.1) is 6.92 Å². The van der Waals surface area contributed by atoms with Crippen molar-refractivity contribution in [3.8, 4) is 10.6 Å². The van der Waals surface area contributed by atoms with Crippen molar-refractivity contribution in [3.05, 3.63) is 52.0 Å². The second-order valence-corrected chi connectivity index (χ2v) is 10.4. The molecule has 2 fully saturated rings. The largest absolute Gasteiger partial charge is 0.324 e. The summed E-state index contributed by atoms with van der Waals surface area (Å²) in [6.45, 7) is 2.54. The van der Waals surface area contributed by atoms with E-state index in [0.717, 1.165) is 28.2 Å². The lowest BCUT2D eigenvalue weighted by atomic mass is 9.86. The molecule has 1 N–H and O–H groups in total. The number of thiazole rings is 2. The number of urea groups is 1. The molecule has 5 rings (SSSR count). The van der Waals surface area contributed by atoms with Crippen molar-refractivity contribution in [1.29, 1.82) is 0 Å². The Labute approximate surface area is 195 Å². The lowest BCUT2D eigenvalue weighted by Crippen LogP contribution is -2.43. The van der Waals surface area contributed by atoms with Crippen LogP contribution in [0.5, 0.6) is 0 Å². The van der Waals surface area contributed by atoms with Gasteiger partial charge in [-0.1, -0.05) is 48.1 Å². The van der Waals surface area contributed by atoms with Crippen LogP contribution >= 0.6 is 22.7 Å². The van der Waals surface area contributed by atoms with E-state index < -0.39 is 0 Å². The third-order valence-corrected chi connectivity index (χ3v) is 8.43. The minimum absolute atomic E-state index is 0.0888. The van der Waals surface area contributed by atoms with Gasteiger partial charge in [0.15, 0.2) is 10.9 Å². The fourth-order valence-electron chi connectivity index (χ4n) is 4.34. The van der Waals surface area contributed by atoms with E-state index in [-0.39, 0.29) is 17.9 Å². The number of rotatable bonds is 6. The number of nitrogens with zero attached hydrogens (tertiary/aromatic N) is 3. The molecule has 6 nitrogen and oxygen atoms in total. The average Bonchev–Trinajstić information content (AvgIpc) is 3.47. The number of carbonyl (C=O) groups excluding carboxylic acids is 2. The third-order valence-electron chi connectivity index (χ3n) is 6.33. The number of aromatic nitrogens is 2. The van der Waals surface area contributed by atoms with Crippen LogP contribution in [0.1, 0.15) is 54.3 Å². The minimum atomic E-state index is -0.376. The molecule has 0 radical (unpaired) electrons. The van der Waals surface area contributed by atoms with Crippen LogP contribution in [-0.4, -0.2) is 39.3 Å². The number of benzene rings is 1. The Morgan fingerprint density at radius 2 is 1.94 bits per heavy atom. The van der Waals surface area contributed by atoms with Gasteiger partial charge in [0.05, 0.1) is 27.3 Å². The van der Waals surface area contributed by atoms with Gasteiger partial charge in [0.25, 0.3) is 0 Å². The molecule has 3 aromatic rings. The number of aryl methyl sites for hydroxylation is 1. The predicted molar refractivity (Wildman–Crippen MR) is 128 cm³/mol. The summed E-state index contributed by atoms with van der Waals surface area (Å²) < 4.78 is 0. The molecule has 1 atom stereocenters. The Kier molecular flexibility index (Phi) is 6.06. The molecule has 0 bridgehead atoms. The average molecular weight is 467 g/mol. The Bertz CT molecular complexity index is 1120. The highest BCUT2D eigenvalue weighted by Crippen LogP contribution is 2.41.